The Labute approximate surface area is 399 Å². The maximum Gasteiger partial charge on any atom is 0.306 e. The Morgan fingerprint density at radius 2 is 0.600 bits per heavy atom. The molecule has 0 aromatic carbocycles. The predicted molar refractivity (Wildman–Crippen MR) is 279 cm³/mol. The van der Waals surface area contributed by atoms with E-state index in [1.807, 2.05) is 72.9 Å². The molecule has 0 aliphatic carbocycles. The molecule has 0 radical (unpaired) electrons. The van der Waals surface area contributed by atoms with Crippen molar-refractivity contribution in [2.75, 3.05) is 13.2 Å². The number of carbonyl (C=O) groups excluding carboxylic acids is 3. The van der Waals surface area contributed by atoms with Crippen molar-refractivity contribution in [3.8, 4) is 0 Å². The van der Waals surface area contributed by atoms with Gasteiger partial charge in [0.15, 0.2) is 6.10 Å². The molecule has 366 valence electrons. The first-order valence-electron chi connectivity index (χ1n) is 26.2. The van der Waals surface area contributed by atoms with E-state index < -0.39 is 6.10 Å². The van der Waals surface area contributed by atoms with Gasteiger partial charge in [0.2, 0.25) is 0 Å². The first kappa shape index (κ1) is 60.8. The predicted octanol–water partition coefficient (Wildman–Crippen LogP) is 17.3. The van der Waals surface area contributed by atoms with E-state index >= 15 is 0 Å². The van der Waals surface area contributed by atoms with Crippen molar-refractivity contribution >= 4 is 17.9 Å². The second-order valence-electron chi connectivity index (χ2n) is 16.9. The standard InChI is InChI=1S/C59H94O6/c1-4-7-10-13-16-19-22-25-27-28-29-30-32-34-37-40-43-46-49-52-58(61)64-55-56(54-63-57(60)51-48-45-42-39-36-33-24-21-18-15-12-9-6-3)65-59(62)53-50-47-44-41-38-35-31-26-23-20-17-14-11-8-5-2/h7,9-10,12-13,15-16,18-19,21-22,24-25,27-30,32,34,37,56H,4-6,8,11,14,17,20,23,26,31,33,35-36,38-55H2,1-3H3/b10-7-,12-9-,16-13-,18-15-,22-19-,24-21-,27-25-,29-28+,32-30-,37-34-. The fourth-order valence-corrected chi connectivity index (χ4v) is 6.84. The van der Waals surface area contributed by atoms with Crippen LogP contribution in [0.1, 0.15) is 213 Å². The van der Waals surface area contributed by atoms with Crippen molar-refractivity contribution in [3.63, 3.8) is 0 Å². The first-order chi connectivity index (χ1) is 32.0. The number of carbonyl (C=O) groups is 3. The van der Waals surface area contributed by atoms with E-state index in [-0.39, 0.29) is 31.1 Å². The largest absolute Gasteiger partial charge is 0.462 e. The Kier molecular flexibility index (Phi) is 49.1. The van der Waals surface area contributed by atoms with Crippen LogP contribution in [0.2, 0.25) is 0 Å². The number of rotatable bonds is 45. The molecule has 0 saturated carbocycles. The summed E-state index contributed by atoms with van der Waals surface area (Å²) >= 11 is 0. The van der Waals surface area contributed by atoms with Crippen LogP contribution in [-0.2, 0) is 28.6 Å². The van der Waals surface area contributed by atoms with Crippen LogP contribution in [0.5, 0.6) is 0 Å². The van der Waals surface area contributed by atoms with E-state index in [1.54, 1.807) is 0 Å². The van der Waals surface area contributed by atoms with Crippen LogP contribution < -0.4 is 0 Å². The van der Waals surface area contributed by atoms with E-state index in [4.69, 9.17) is 14.2 Å². The number of unbranched alkanes of at least 4 members (excludes halogenated alkanes) is 22. The van der Waals surface area contributed by atoms with Gasteiger partial charge in [0, 0.05) is 19.3 Å². The average molecular weight is 899 g/mol. The molecule has 0 aromatic rings. The van der Waals surface area contributed by atoms with Crippen LogP contribution in [-0.4, -0.2) is 37.2 Å². The molecule has 0 aliphatic heterocycles. The number of esters is 3. The van der Waals surface area contributed by atoms with Crippen LogP contribution in [0.4, 0.5) is 0 Å². The van der Waals surface area contributed by atoms with Gasteiger partial charge < -0.3 is 14.2 Å². The highest BCUT2D eigenvalue weighted by Gasteiger charge is 2.19. The van der Waals surface area contributed by atoms with E-state index in [0.717, 1.165) is 96.3 Å². The highest BCUT2D eigenvalue weighted by molar-refractivity contribution is 5.71. The number of hydrogen-bond donors (Lipinski definition) is 0. The van der Waals surface area contributed by atoms with Crippen LogP contribution >= 0.6 is 0 Å². The lowest BCUT2D eigenvalue weighted by molar-refractivity contribution is -0.167. The summed E-state index contributed by atoms with van der Waals surface area (Å²) in [6, 6.07) is 0. The zero-order chi connectivity index (χ0) is 47.2. The Balaban J connectivity index is 4.52. The third-order valence-corrected chi connectivity index (χ3v) is 10.7. The van der Waals surface area contributed by atoms with Crippen LogP contribution in [0.25, 0.3) is 0 Å². The molecule has 0 heterocycles. The van der Waals surface area contributed by atoms with Crippen molar-refractivity contribution in [3.05, 3.63) is 122 Å². The zero-order valence-corrected chi connectivity index (χ0v) is 41.7. The maximum atomic E-state index is 12.8. The van der Waals surface area contributed by atoms with Crippen molar-refractivity contribution in [1.82, 2.24) is 0 Å². The second-order valence-corrected chi connectivity index (χ2v) is 16.9. The van der Waals surface area contributed by atoms with Gasteiger partial charge in [0.1, 0.15) is 13.2 Å². The van der Waals surface area contributed by atoms with Crippen LogP contribution in [0, 0.1) is 0 Å². The van der Waals surface area contributed by atoms with Gasteiger partial charge in [-0.25, -0.2) is 0 Å². The number of hydrogen-bond acceptors (Lipinski definition) is 6. The summed E-state index contributed by atoms with van der Waals surface area (Å²) in [6.07, 6.45) is 71.7. The topological polar surface area (TPSA) is 78.9 Å². The fourth-order valence-electron chi connectivity index (χ4n) is 6.84. The third kappa shape index (κ3) is 50.7. The Hall–Kier alpha value is -4.19. The molecule has 6 nitrogen and oxygen atoms in total. The number of ether oxygens (including phenoxy) is 3. The lowest BCUT2D eigenvalue weighted by Crippen LogP contribution is -2.30. The van der Waals surface area contributed by atoms with E-state index in [0.29, 0.717) is 19.3 Å². The van der Waals surface area contributed by atoms with E-state index in [2.05, 4.69) is 69.4 Å². The van der Waals surface area contributed by atoms with E-state index in [9.17, 15) is 14.4 Å². The van der Waals surface area contributed by atoms with Crippen LogP contribution in [0.3, 0.4) is 0 Å². The minimum absolute atomic E-state index is 0.106. The van der Waals surface area contributed by atoms with Crippen molar-refractivity contribution < 1.29 is 28.6 Å². The van der Waals surface area contributed by atoms with Crippen molar-refractivity contribution in [1.29, 1.82) is 0 Å². The second kappa shape index (κ2) is 52.4. The molecule has 1 unspecified atom stereocenters. The Morgan fingerprint density at radius 1 is 0.323 bits per heavy atom. The van der Waals surface area contributed by atoms with Gasteiger partial charge in [0.05, 0.1) is 0 Å². The van der Waals surface area contributed by atoms with Gasteiger partial charge in [-0.15, -0.1) is 0 Å². The minimum atomic E-state index is -0.807. The molecule has 65 heavy (non-hydrogen) atoms. The molecule has 0 fully saturated rings. The summed E-state index contributed by atoms with van der Waals surface area (Å²) in [4.78, 5) is 38.0. The molecule has 1 atom stereocenters. The molecule has 0 saturated heterocycles. The lowest BCUT2D eigenvalue weighted by Gasteiger charge is -2.18. The summed E-state index contributed by atoms with van der Waals surface area (Å²) < 4.78 is 16.8. The van der Waals surface area contributed by atoms with Crippen molar-refractivity contribution in [2.45, 2.75) is 219 Å². The molecule has 0 spiro atoms. The van der Waals surface area contributed by atoms with Gasteiger partial charge in [-0.2, -0.15) is 0 Å². The van der Waals surface area contributed by atoms with Gasteiger partial charge in [-0.1, -0.05) is 258 Å². The normalized spacial score (nSPS) is 13.1. The number of allylic oxidation sites excluding steroid dienone is 20. The van der Waals surface area contributed by atoms with Gasteiger partial charge in [0.25, 0.3) is 0 Å². The average Bonchev–Trinajstić information content (AvgIpc) is 3.30. The molecule has 6 heteroatoms. The molecule has 0 N–H and O–H groups in total. The summed E-state index contributed by atoms with van der Waals surface area (Å²) in [7, 11) is 0. The minimum Gasteiger partial charge on any atom is -0.462 e. The molecule has 0 rings (SSSR count). The Bertz CT molecular complexity index is 1400. The molecule has 0 aromatic heterocycles. The van der Waals surface area contributed by atoms with Gasteiger partial charge in [-0.3, -0.25) is 14.4 Å². The summed E-state index contributed by atoms with van der Waals surface area (Å²) in [6.45, 7) is 6.29. The highest BCUT2D eigenvalue weighted by Crippen LogP contribution is 2.15. The summed E-state index contributed by atoms with van der Waals surface area (Å²) in [5.74, 6) is -0.974. The Morgan fingerprint density at radius 3 is 0.954 bits per heavy atom. The quantitative estimate of drug-likeness (QED) is 0.0262. The third-order valence-electron chi connectivity index (χ3n) is 10.7. The molecular formula is C59H94O6. The molecule has 0 amide bonds. The molecule has 0 aliphatic rings. The maximum absolute atomic E-state index is 12.8. The summed E-state index contributed by atoms with van der Waals surface area (Å²) in [5, 5.41) is 0. The highest BCUT2D eigenvalue weighted by atomic mass is 16.6. The fraction of sp³-hybridized carbons (Fsp3) is 0.610. The lowest BCUT2D eigenvalue weighted by atomic mass is 10.0. The van der Waals surface area contributed by atoms with Crippen molar-refractivity contribution in [2.24, 2.45) is 0 Å². The van der Waals surface area contributed by atoms with E-state index in [1.165, 1.54) is 77.0 Å². The van der Waals surface area contributed by atoms with Gasteiger partial charge in [-0.05, 0) is 57.8 Å². The monoisotopic (exact) mass is 899 g/mol. The SMILES string of the molecule is CC\C=C/C=C\C=C/C=C\C=C\C=C/C=C\CCCCCC(=O)OCC(COC(=O)CCCCCCC\C=C/C=C\C=C/CC)OC(=O)CCCCCCCCCCCCCCCCC. The molecule has 0 bridgehead atoms. The van der Waals surface area contributed by atoms with Crippen LogP contribution in [0.15, 0.2) is 122 Å². The van der Waals surface area contributed by atoms with Gasteiger partial charge >= 0.3 is 17.9 Å². The molecular weight excluding hydrogens is 805 g/mol. The first-order valence-corrected chi connectivity index (χ1v) is 26.2. The zero-order valence-electron chi connectivity index (χ0n) is 41.7. The summed E-state index contributed by atoms with van der Waals surface area (Å²) in [5.41, 5.74) is 0. The smallest absolute Gasteiger partial charge is 0.306 e.